The van der Waals surface area contributed by atoms with Crippen LogP contribution < -0.4 is 18.6 Å². The Balaban J connectivity index is 0.000000300. The standard InChI is InChI=1S/C16H13S3.ClHO4/c1-4-11-12(13-6-2-8-17-13)10-16(19-14(11)5-1)15-7-3-9-18-15;2-1(3,4)5/h2-3,6-10H,1,4-5H2;(H,2,3,4,5)/q+1;/p-1. The lowest BCUT2D eigenvalue weighted by Crippen LogP contribution is -2.68. The number of rotatable bonds is 2. The van der Waals surface area contributed by atoms with E-state index in [2.05, 4.69) is 41.1 Å². The van der Waals surface area contributed by atoms with Gasteiger partial charge in [0, 0.05) is 28.5 Å². The molecule has 0 spiro atoms. The lowest BCUT2D eigenvalue weighted by atomic mass is 10.1. The molecule has 24 heavy (non-hydrogen) atoms. The average Bonchev–Trinajstić information content (AvgIpc) is 3.25. The van der Waals surface area contributed by atoms with Crippen molar-refractivity contribution in [2.75, 3.05) is 0 Å². The number of hydrogen-bond donors (Lipinski definition) is 0. The van der Waals surface area contributed by atoms with Crippen molar-refractivity contribution in [3.63, 3.8) is 0 Å². The van der Waals surface area contributed by atoms with Crippen molar-refractivity contribution in [3.8, 4) is 20.2 Å². The Morgan fingerprint density at radius 1 is 0.917 bits per heavy atom. The second-order valence-electron chi connectivity index (χ2n) is 5.11. The van der Waals surface area contributed by atoms with Crippen LogP contribution in [0, 0.1) is 10.2 Å². The van der Waals surface area contributed by atoms with Crippen LogP contribution in [-0.2, 0) is 12.8 Å². The largest absolute Gasteiger partial charge is 0.248 e. The van der Waals surface area contributed by atoms with Crippen molar-refractivity contribution >= 4 is 34.0 Å². The zero-order valence-electron chi connectivity index (χ0n) is 12.4. The molecule has 1 aliphatic rings. The van der Waals surface area contributed by atoms with E-state index in [4.69, 9.17) is 18.6 Å². The maximum absolute atomic E-state index is 8.49. The summed E-state index contributed by atoms with van der Waals surface area (Å²) < 4.78 is 34.0. The molecule has 0 aliphatic heterocycles. The van der Waals surface area contributed by atoms with Crippen LogP contribution in [0.4, 0.5) is 0 Å². The Morgan fingerprint density at radius 3 is 2.12 bits per heavy atom. The summed E-state index contributed by atoms with van der Waals surface area (Å²) in [6.45, 7) is 0. The molecular formula is C16H13ClO4S3. The summed E-state index contributed by atoms with van der Waals surface area (Å²) in [5, 5.41) is 4.35. The van der Waals surface area contributed by atoms with Crippen LogP contribution >= 0.6 is 34.0 Å². The van der Waals surface area contributed by atoms with Gasteiger partial charge in [0.2, 0.25) is 21.1 Å². The highest BCUT2D eigenvalue weighted by atomic mass is 35.7. The van der Waals surface area contributed by atoms with Gasteiger partial charge in [-0.3, -0.25) is 0 Å². The van der Waals surface area contributed by atoms with Gasteiger partial charge in [0.05, 0.1) is 4.88 Å². The van der Waals surface area contributed by atoms with Crippen LogP contribution in [0.3, 0.4) is 0 Å². The maximum atomic E-state index is 8.49. The highest BCUT2D eigenvalue weighted by molar-refractivity contribution is 7.21. The number of aryl methyl sites for hydroxylation is 1. The minimum Gasteiger partial charge on any atom is -0.222 e. The molecule has 126 valence electrons. The number of halogens is 1. The first kappa shape index (κ1) is 17.9. The summed E-state index contributed by atoms with van der Waals surface area (Å²) in [6.07, 6.45) is 3.83. The van der Waals surface area contributed by atoms with Gasteiger partial charge in [-0.15, -0.1) is 32.9 Å². The molecule has 3 heterocycles. The molecule has 0 fully saturated rings. The SMILES string of the molecule is [O-][Cl+3]([O-])([O-])[O-].c1csc(-c2cc(-c3cccs3)c3c([s+]2)CCC3)c1. The third-order valence-electron chi connectivity index (χ3n) is 3.55. The summed E-state index contributed by atoms with van der Waals surface area (Å²) in [7, 11) is -4.94. The zero-order chi connectivity index (χ0) is 17.2. The minimum absolute atomic E-state index is 1.25. The number of fused-ring (bicyclic) bond motifs is 1. The van der Waals surface area contributed by atoms with Crippen molar-refractivity contribution in [3.05, 3.63) is 51.5 Å². The fraction of sp³-hybridized carbons (Fsp3) is 0.188. The van der Waals surface area contributed by atoms with Gasteiger partial charge >= 0.3 is 0 Å². The number of thiophene rings is 2. The Hall–Kier alpha value is -0.900. The predicted molar refractivity (Wildman–Crippen MR) is 87.4 cm³/mol. The van der Waals surface area contributed by atoms with E-state index < -0.39 is 10.2 Å². The van der Waals surface area contributed by atoms with Crippen LogP contribution in [0.2, 0.25) is 0 Å². The Labute approximate surface area is 153 Å². The molecule has 4 rings (SSSR count). The molecule has 0 bridgehead atoms. The molecule has 0 saturated carbocycles. The summed E-state index contributed by atoms with van der Waals surface area (Å²) in [5.74, 6) is 0. The lowest BCUT2D eigenvalue weighted by molar-refractivity contribution is -2.00. The van der Waals surface area contributed by atoms with Crippen LogP contribution in [0.1, 0.15) is 16.9 Å². The number of hydrogen-bond acceptors (Lipinski definition) is 6. The third kappa shape index (κ3) is 4.59. The van der Waals surface area contributed by atoms with Gasteiger partial charge in [-0.1, -0.05) is 12.1 Å². The van der Waals surface area contributed by atoms with Gasteiger partial charge in [0.1, 0.15) is 0 Å². The van der Waals surface area contributed by atoms with E-state index in [1.165, 1.54) is 39.5 Å². The molecule has 0 saturated heterocycles. The summed E-state index contributed by atoms with van der Waals surface area (Å²) in [5.41, 5.74) is 3.08. The van der Waals surface area contributed by atoms with E-state index in [-0.39, 0.29) is 0 Å². The second-order valence-corrected chi connectivity index (χ2v) is 8.90. The molecule has 3 aromatic rings. The minimum atomic E-state index is -4.94. The molecule has 1 aliphatic carbocycles. The molecule has 0 unspecified atom stereocenters. The summed E-state index contributed by atoms with van der Waals surface area (Å²) in [4.78, 5) is 5.86. The lowest BCUT2D eigenvalue weighted by Gasteiger charge is -2.17. The molecule has 0 aromatic carbocycles. The van der Waals surface area contributed by atoms with Crippen LogP contribution in [0.15, 0.2) is 41.1 Å². The highest BCUT2D eigenvalue weighted by Crippen LogP contribution is 2.42. The fourth-order valence-electron chi connectivity index (χ4n) is 2.69. The van der Waals surface area contributed by atoms with Crippen LogP contribution in [0.25, 0.3) is 20.2 Å². The Kier molecular flexibility index (Phi) is 5.63. The first-order valence-electron chi connectivity index (χ1n) is 7.10. The van der Waals surface area contributed by atoms with E-state index in [1.54, 1.807) is 10.4 Å². The van der Waals surface area contributed by atoms with Gasteiger partial charge in [0.15, 0.2) is 0 Å². The van der Waals surface area contributed by atoms with Crippen LogP contribution in [-0.4, -0.2) is 0 Å². The molecule has 0 amide bonds. The van der Waals surface area contributed by atoms with Crippen molar-refractivity contribution in [1.82, 2.24) is 0 Å². The fourth-order valence-corrected chi connectivity index (χ4v) is 5.55. The van der Waals surface area contributed by atoms with E-state index in [9.17, 15) is 0 Å². The average molecular weight is 401 g/mol. The van der Waals surface area contributed by atoms with E-state index in [0.29, 0.717) is 0 Å². The van der Waals surface area contributed by atoms with Crippen molar-refractivity contribution in [2.24, 2.45) is 0 Å². The Bertz CT molecular complexity index is 790. The highest BCUT2D eigenvalue weighted by Gasteiger charge is 2.28. The Morgan fingerprint density at radius 2 is 1.54 bits per heavy atom. The first-order chi connectivity index (χ1) is 11.4. The van der Waals surface area contributed by atoms with E-state index in [1.807, 2.05) is 34.0 Å². The first-order valence-corrected chi connectivity index (χ1v) is 10.9. The summed E-state index contributed by atoms with van der Waals surface area (Å²) in [6, 6.07) is 11.2. The van der Waals surface area contributed by atoms with Crippen molar-refractivity contribution < 1.29 is 28.9 Å². The molecular weight excluding hydrogens is 388 g/mol. The van der Waals surface area contributed by atoms with Crippen molar-refractivity contribution in [2.45, 2.75) is 19.3 Å². The quantitative estimate of drug-likeness (QED) is 0.604. The molecule has 8 heteroatoms. The summed E-state index contributed by atoms with van der Waals surface area (Å²) >= 11 is 5.69. The van der Waals surface area contributed by atoms with E-state index >= 15 is 0 Å². The van der Waals surface area contributed by atoms with Gasteiger partial charge in [-0.05, 0) is 35.7 Å². The smallest absolute Gasteiger partial charge is 0.222 e. The zero-order valence-corrected chi connectivity index (χ0v) is 15.6. The van der Waals surface area contributed by atoms with Gasteiger partial charge < -0.3 is 0 Å². The maximum Gasteiger partial charge on any atom is 0.248 e. The van der Waals surface area contributed by atoms with Gasteiger partial charge in [-0.2, -0.15) is 0 Å². The predicted octanol–water partition coefficient (Wildman–Crippen LogP) is 1.22. The molecule has 4 nitrogen and oxygen atoms in total. The molecule has 0 radical (unpaired) electrons. The molecule has 0 atom stereocenters. The molecule has 0 N–H and O–H groups in total. The monoisotopic (exact) mass is 400 g/mol. The van der Waals surface area contributed by atoms with Gasteiger partial charge in [-0.25, -0.2) is 18.6 Å². The molecule has 3 aromatic heterocycles. The van der Waals surface area contributed by atoms with Crippen molar-refractivity contribution in [1.29, 1.82) is 0 Å². The third-order valence-corrected chi connectivity index (χ3v) is 6.74. The van der Waals surface area contributed by atoms with Gasteiger partial charge in [0.25, 0.3) is 0 Å². The second kappa shape index (κ2) is 7.55. The normalized spacial score (nSPS) is 13.3. The van der Waals surface area contributed by atoms with Crippen LogP contribution in [0.5, 0.6) is 0 Å². The topological polar surface area (TPSA) is 92.2 Å². The van der Waals surface area contributed by atoms with E-state index in [0.717, 1.165) is 0 Å².